The largest absolute Gasteiger partial charge is 0.399 e. The summed E-state index contributed by atoms with van der Waals surface area (Å²) < 4.78 is 0.711. The highest BCUT2D eigenvalue weighted by atomic mass is 79.9. The molecule has 1 aromatic carbocycles. The average molecular weight is 286 g/mol. The zero-order valence-corrected chi connectivity index (χ0v) is 10.3. The van der Waals surface area contributed by atoms with Gasteiger partial charge in [0, 0.05) is 22.8 Å². The molecule has 0 aliphatic rings. The Balaban J connectivity index is 2.91. The minimum absolute atomic E-state index is 0.120. The lowest BCUT2D eigenvalue weighted by molar-refractivity contribution is -0.118. The molecule has 0 saturated heterocycles. The van der Waals surface area contributed by atoms with E-state index in [1.807, 2.05) is 0 Å². The summed E-state index contributed by atoms with van der Waals surface area (Å²) in [4.78, 5) is 23.7. The van der Waals surface area contributed by atoms with Crippen LogP contribution < -0.4 is 11.5 Å². The highest BCUT2D eigenvalue weighted by Gasteiger charge is 2.14. The van der Waals surface area contributed by atoms with Gasteiger partial charge in [-0.05, 0) is 18.2 Å². The van der Waals surface area contributed by atoms with Gasteiger partial charge in [0.2, 0.25) is 5.91 Å². The lowest BCUT2D eigenvalue weighted by atomic mass is 10.2. The van der Waals surface area contributed by atoms with Crippen molar-refractivity contribution in [2.24, 2.45) is 5.73 Å². The van der Waals surface area contributed by atoms with E-state index in [0.29, 0.717) is 15.7 Å². The summed E-state index contributed by atoms with van der Waals surface area (Å²) in [5.41, 5.74) is 11.5. The van der Waals surface area contributed by atoms with Gasteiger partial charge in [0.15, 0.2) is 0 Å². The monoisotopic (exact) mass is 285 g/mol. The number of likely N-dealkylation sites (N-methyl/N-ethyl adjacent to an activating group) is 1. The number of anilines is 1. The number of amides is 2. The molecular formula is C10H12BrN3O2. The zero-order valence-electron chi connectivity index (χ0n) is 8.74. The smallest absolute Gasteiger partial charge is 0.254 e. The van der Waals surface area contributed by atoms with Gasteiger partial charge < -0.3 is 16.4 Å². The third-order valence-electron chi connectivity index (χ3n) is 1.91. The maximum atomic E-state index is 11.8. The van der Waals surface area contributed by atoms with Gasteiger partial charge in [0.05, 0.1) is 6.54 Å². The molecule has 0 spiro atoms. The van der Waals surface area contributed by atoms with E-state index in [2.05, 4.69) is 15.9 Å². The fraction of sp³-hybridized carbons (Fsp3) is 0.200. The fourth-order valence-electron chi connectivity index (χ4n) is 1.26. The Morgan fingerprint density at radius 2 is 2.00 bits per heavy atom. The average Bonchev–Trinajstić information content (AvgIpc) is 2.13. The molecule has 5 nitrogen and oxygen atoms in total. The third-order valence-corrected chi connectivity index (χ3v) is 2.36. The number of benzene rings is 1. The van der Waals surface area contributed by atoms with Crippen LogP contribution in [-0.2, 0) is 4.79 Å². The van der Waals surface area contributed by atoms with Crippen molar-refractivity contribution >= 4 is 33.4 Å². The SMILES string of the molecule is CN(CC(N)=O)C(=O)c1cc(N)cc(Br)c1. The van der Waals surface area contributed by atoms with Gasteiger partial charge >= 0.3 is 0 Å². The minimum atomic E-state index is -0.557. The Morgan fingerprint density at radius 1 is 1.38 bits per heavy atom. The highest BCUT2D eigenvalue weighted by molar-refractivity contribution is 9.10. The number of rotatable bonds is 3. The number of hydrogen-bond donors (Lipinski definition) is 2. The van der Waals surface area contributed by atoms with Crippen LogP contribution in [0.25, 0.3) is 0 Å². The van der Waals surface area contributed by atoms with E-state index in [4.69, 9.17) is 11.5 Å². The van der Waals surface area contributed by atoms with Crippen molar-refractivity contribution in [2.75, 3.05) is 19.3 Å². The van der Waals surface area contributed by atoms with Gasteiger partial charge in [0.25, 0.3) is 5.91 Å². The maximum absolute atomic E-state index is 11.8. The second-order valence-corrected chi connectivity index (χ2v) is 4.32. The molecule has 6 heteroatoms. The number of halogens is 1. The molecule has 0 bridgehead atoms. The summed E-state index contributed by atoms with van der Waals surface area (Å²) in [5, 5.41) is 0. The molecule has 0 radical (unpaired) electrons. The first kappa shape index (κ1) is 12.5. The number of nitrogens with two attached hydrogens (primary N) is 2. The Hall–Kier alpha value is -1.56. The standard InChI is InChI=1S/C10H12BrN3O2/c1-14(5-9(13)15)10(16)6-2-7(11)4-8(12)3-6/h2-4H,5,12H2,1H3,(H2,13,15). The number of nitrogen functional groups attached to an aromatic ring is 1. The van der Waals surface area contributed by atoms with Crippen molar-refractivity contribution in [1.82, 2.24) is 4.90 Å². The molecule has 0 aliphatic heterocycles. The molecular weight excluding hydrogens is 274 g/mol. The number of primary amides is 1. The van der Waals surface area contributed by atoms with Crippen LogP contribution in [-0.4, -0.2) is 30.3 Å². The number of hydrogen-bond acceptors (Lipinski definition) is 3. The fourth-order valence-corrected chi connectivity index (χ4v) is 1.77. The quantitative estimate of drug-likeness (QED) is 0.797. The van der Waals surface area contributed by atoms with Gasteiger partial charge in [-0.2, -0.15) is 0 Å². The van der Waals surface area contributed by atoms with Crippen LogP contribution in [0.1, 0.15) is 10.4 Å². The van der Waals surface area contributed by atoms with Crippen molar-refractivity contribution in [3.05, 3.63) is 28.2 Å². The van der Waals surface area contributed by atoms with Crippen LogP contribution >= 0.6 is 15.9 Å². The third kappa shape index (κ3) is 3.23. The number of nitrogens with zero attached hydrogens (tertiary/aromatic N) is 1. The summed E-state index contributed by atoms with van der Waals surface area (Å²) in [7, 11) is 1.50. The highest BCUT2D eigenvalue weighted by Crippen LogP contribution is 2.18. The summed E-state index contributed by atoms with van der Waals surface area (Å²) in [6, 6.07) is 4.87. The van der Waals surface area contributed by atoms with Crippen LogP contribution in [0.5, 0.6) is 0 Å². The van der Waals surface area contributed by atoms with E-state index < -0.39 is 5.91 Å². The van der Waals surface area contributed by atoms with Crippen molar-refractivity contribution in [3.63, 3.8) is 0 Å². The Morgan fingerprint density at radius 3 is 2.50 bits per heavy atom. The molecule has 1 rings (SSSR count). The van der Waals surface area contributed by atoms with Crippen LogP contribution in [0.15, 0.2) is 22.7 Å². The van der Waals surface area contributed by atoms with Gasteiger partial charge in [-0.3, -0.25) is 9.59 Å². The summed E-state index contributed by atoms with van der Waals surface area (Å²) in [6.45, 7) is -0.120. The second kappa shape index (κ2) is 4.98. The van der Waals surface area contributed by atoms with Crippen molar-refractivity contribution in [2.45, 2.75) is 0 Å². The molecule has 86 valence electrons. The van der Waals surface area contributed by atoms with Gasteiger partial charge in [-0.1, -0.05) is 15.9 Å². The van der Waals surface area contributed by atoms with E-state index in [1.165, 1.54) is 11.9 Å². The van der Waals surface area contributed by atoms with E-state index in [-0.39, 0.29) is 12.5 Å². The molecule has 0 fully saturated rings. The Labute approximate surface area is 102 Å². The van der Waals surface area contributed by atoms with Crippen LogP contribution in [0.2, 0.25) is 0 Å². The molecule has 0 heterocycles. The molecule has 4 N–H and O–H groups in total. The lowest BCUT2D eigenvalue weighted by Gasteiger charge is -2.15. The molecule has 0 aromatic heterocycles. The van der Waals surface area contributed by atoms with Crippen molar-refractivity contribution in [3.8, 4) is 0 Å². The topological polar surface area (TPSA) is 89.4 Å². The summed E-state index contributed by atoms with van der Waals surface area (Å²) in [6.07, 6.45) is 0. The van der Waals surface area contributed by atoms with Gasteiger partial charge in [-0.25, -0.2) is 0 Å². The summed E-state index contributed by atoms with van der Waals surface area (Å²) >= 11 is 3.24. The molecule has 0 unspecified atom stereocenters. The normalized spacial score (nSPS) is 9.88. The number of carbonyl (C=O) groups is 2. The molecule has 0 aliphatic carbocycles. The zero-order chi connectivity index (χ0) is 12.3. The van der Waals surface area contributed by atoms with Crippen LogP contribution in [0, 0.1) is 0 Å². The van der Waals surface area contributed by atoms with E-state index in [9.17, 15) is 9.59 Å². The van der Waals surface area contributed by atoms with E-state index in [0.717, 1.165) is 0 Å². The van der Waals surface area contributed by atoms with Gasteiger partial charge in [0.1, 0.15) is 0 Å². The molecule has 0 atom stereocenters. The first-order valence-electron chi connectivity index (χ1n) is 4.50. The van der Waals surface area contributed by atoms with Crippen molar-refractivity contribution < 1.29 is 9.59 Å². The lowest BCUT2D eigenvalue weighted by Crippen LogP contribution is -2.35. The number of carbonyl (C=O) groups excluding carboxylic acids is 2. The molecule has 1 aromatic rings. The van der Waals surface area contributed by atoms with Crippen LogP contribution in [0.3, 0.4) is 0 Å². The van der Waals surface area contributed by atoms with Crippen molar-refractivity contribution in [1.29, 1.82) is 0 Å². The predicted octanol–water partition coefficient (Wildman–Crippen LogP) is 0.589. The maximum Gasteiger partial charge on any atom is 0.254 e. The Bertz CT molecular complexity index is 414. The van der Waals surface area contributed by atoms with Crippen LogP contribution in [0.4, 0.5) is 5.69 Å². The molecule has 16 heavy (non-hydrogen) atoms. The molecule has 2 amide bonds. The minimum Gasteiger partial charge on any atom is -0.399 e. The van der Waals surface area contributed by atoms with Gasteiger partial charge in [-0.15, -0.1) is 0 Å². The first-order valence-corrected chi connectivity index (χ1v) is 5.29. The predicted molar refractivity (Wildman–Crippen MR) is 64.7 cm³/mol. The van der Waals surface area contributed by atoms with E-state index >= 15 is 0 Å². The second-order valence-electron chi connectivity index (χ2n) is 3.40. The first-order chi connectivity index (χ1) is 7.40. The summed E-state index contributed by atoms with van der Waals surface area (Å²) in [5.74, 6) is -0.856. The van der Waals surface area contributed by atoms with E-state index in [1.54, 1.807) is 18.2 Å². The Kier molecular flexibility index (Phi) is 3.89. The molecule has 0 saturated carbocycles.